The third-order valence-electron chi connectivity index (χ3n) is 1.10. The summed E-state index contributed by atoms with van der Waals surface area (Å²) in [5.74, 6) is 0. The fourth-order valence-corrected chi connectivity index (χ4v) is 0.601. The third-order valence-corrected chi connectivity index (χ3v) is 1.10. The van der Waals surface area contributed by atoms with Gasteiger partial charge in [0.2, 0.25) is 0 Å². The van der Waals surface area contributed by atoms with Crippen molar-refractivity contribution in [2.45, 2.75) is 12.8 Å². The molecule has 0 aromatic carbocycles. The van der Waals surface area contributed by atoms with E-state index in [0.29, 0.717) is 0 Å². The molecule has 3 nitrogen and oxygen atoms in total. The quantitative estimate of drug-likeness (QED) is 0.272. The van der Waals surface area contributed by atoms with Crippen molar-refractivity contribution < 1.29 is 0 Å². The molecule has 0 atom stereocenters. The molecule has 0 rings (SSSR count). The van der Waals surface area contributed by atoms with Crippen LogP contribution in [0.4, 0.5) is 0 Å². The van der Waals surface area contributed by atoms with Crippen molar-refractivity contribution in [3.05, 3.63) is 0 Å². The van der Waals surface area contributed by atoms with E-state index in [2.05, 4.69) is 10.6 Å². The fourth-order valence-electron chi connectivity index (χ4n) is 0.601. The van der Waals surface area contributed by atoms with Crippen molar-refractivity contribution in [2.75, 3.05) is 20.1 Å². The van der Waals surface area contributed by atoms with Gasteiger partial charge in [-0.3, -0.25) is 5.41 Å². The van der Waals surface area contributed by atoms with Crippen molar-refractivity contribution in [1.82, 2.24) is 10.6 Å². The van der Waals surface area contributed by atoms with Crippen LogP contribution in [0.2, 0.25) is 0 Å². The van der Waals surface area contributed by atoms with Gasteiger partial charge in [-0.15, -0.1) is 0 Å². The SMILES string of the molecule is CNCCCCNC=N. The highest BCUT2D eigenvalue weighted by Gasteiger charge is 1.82. The Kier molecular flexibility index (Phi) is 6.96. The topological polar surface area (TPSA) is 47.9 Å². The highest BCUT2D eigenvalue weighted by Crippen LogP contribution is 1.81. The first kappa shape index (κ1) is 8.43. The van der Waals surface area contributed by atoms with Crippen molar-refractivity contribution in [2.24, 2.45) is 0 Å². The minimum absolute atomic E-state index is 0.922. The molecule has 0 unspecified atom stereocenters. The van der Waals surface area contributed by atoms with Gasteiger partial charge in [0.25, 0.3) is 0 Å². The van der Waals surface area contributed by atoms with Crippen LogP contribution in [-0.4, -0.2) is 26.5 Å². The van der Waals surface area contributed by atoms with Gasteiger partial charge in [-0.05, 0) is 26.4 Å². The summed E-state index contributed by atoms with van der Waals surface area (Å²) in [7, 11) is 1.95. The zero-order valence-corrected chi connectivity index (χ0v) is 5.91. The highest BCUT2D eigenvalue weighted by atomic mass is 14.9. The molecule has 54 valence electrons. The summed E-state index contributed by atoms with van der Waals surface area (Å²) in [6.45, 7) is 1.99. The van der Waals surface area contributed by atoms with Crippen LogP contribution in [0.15, 0.2) is 0 Å². The summed E-state index contributed by atoms with van der Waals surface area (Å²) in [5, 5.41) is 12.5. The lowest BCUT2D eigenvalue weighted by Gasteiger charge is -1.98. The van der Waals surface area contributed by atoms with Crippen LogP contribution in [0.3, 0.4) is 0 Å². The third kappa shape index (κ3) is 7.43. The highest BCUT2D eigenvalue weighted by molar-refractivity contribution is 5.49. The van der Waals surface area contributed by atoms with Crippen molar-refractivity contribution in [1.29, 1.82) is 5.41 Å². The molecular formula is C6H15N3. The molecule has 0 aromatic rings. The van der Waals surface area contributed by atoms with Crippen LogP contribution in [0, 0.1) is 5.41 Å². The largest absolute Gasteiger partial charge is 0.377 e. The molecule has 9 heavy (non-hydrogen) atoms. The lowest BCUT2D eigenvalue weighted by atomic mass is 10.3. The van der Waals surface area contributed by atoms with E-state index in [-0.39, 0.29) is 0 Å². The summed E-state index contributed by atoms with van der Waals surface area (Å²) in [6, 6.07) is 0. The smallest absolute Gasteiger partial charge is 0.0791 e. The average molecular weight is 129 g/mol. The van der Waals surface area contributed by atoms with Gasteiger partial charge in [0.15, 0.2) is 0 Å². The summed E-state index contributed by atoms with van der Waals surface area (Å²) in [4.78, 5) is 0. The van der Waals surface area contributed by atoms with Gasteiger partial charge in [-0.1, -0.05) is 0 Å². The van der Waals surface area contributed by atoms with E-state index in [4.69, 9.17) is 5.41 Å². The maximum atomic E-state index is 6.63. The second-order valence-electron chi connectivity index (χ2n) is 1.91. The molecule has 3 heteroatoms. The second-order valence-corrected chi connectivity index (χ2v) is 1.91. The Balaban J connectivity index is 2.66. The van der Waals surface area contributed by atoms with E-state index in [1.54, 1.807) is 0 Å². The van der Waals surface area contributed by atoms with Crippen molar-refractivity contribution >= 4 is 6.34 Å². The van der Waals surface area contributed by atoms with Crippen LogP contribution < -0.4 is 10.6 Å². The molecule has 0 aliphatic carbocycles. The fraction of sp³-hybridized carbons (Fsp3) is 0.833. The number of hydrogen-bond donors (Lipinski definition) is 3. The average Bonchev–Trinajstić information content (AvgIpc) is 1.89. The van der Waals surface area contributed by atoms with Crippen LogP contribution in [0.25, 0.3) is 0 Å². The standard InChI is InChI=1S/C6H15N3/c1-8-4-2-3-5-9-6-7/h6,8H,2-5H2,1H3,(H2,7,9). The molecule has 0 saturated carbocycles. The van der Waals surface area contributed by atoms with E-state index >= 15 is 0 Å². The number of hydrogen-bond acceptors (Lipinski definition) is 2. The van der Waals surface area contributed by atoms with Gasteiger partial charge >= 0.3 is 0 Å². The van der Waals surface area contributed by atoms with E-state index in [9.17, 15) is 0 Å². The molecule has 3 N–H and O–H groups in total. The van der Waals surface area contributed by atoms with Crippen LogP contribution in [-0.2, 0) is 0 Å². The van der Waals surface area contributed by atoms with Crippen LogP contribution >= 0.6 is 0 Å². The first-order chi connectivity index (χ1) is 4.41. The maximum Gasteiger partial charge on any atom is 0.0791 e. The Morgan fingerprint density at radius 3 is 2.56 bits per heavy atom. The molecule has 0 amide bonds. The zero-order valence-electron chi connectivity index (χ0n) is 5.91. The molecular weight excluding hydrogens is 114 g/mol. The van der Waals surface area contributed by atoms with Crippen LogP contribution in [0.5, 0.6) is 0 Å². The Hall–Kier alpha value is -0.570. The summed E-state index contributed by atoms with van der Waals surface area (Å²) in [6.07, 6.45) is 3.55. The molecule has 0 aliphatic rings. The van der Waals surface area contributed by atoms with Crippen LogP contribution in [0.1, 0.15) is 12.8 Å². The van der Waals surface area contributed by atoms with Gasteiger partial charge in [0, 0.05) is 6.54 Å². The van der Waals surface area contributed by atoms with E-state index < -0.39 is 0 Å². The Morgan fingerprint density at radius 1 is 1.33 bits per heavy atom. The number of nitrogens with one attached hydrogen (secondary N) is 3. The zero-order chi connectivity index (χ0) is 6.95. The number of unbranched alkanes of at least 4 members (excludes halogenated alkanes) is 1. The predicted molar refractivity (Wildman–Crippen MR) is 39.9 cm³/mol. The Bertz CT molecular complexity index is 63.3. The Labute approximate surface area is 56.3 Å². The molecule has 0 heterocycles. The van der Waals surface area contributed by atoms with E-state index in [1.807, 2.05) is 7.05 Å². The molecule has 0 aromatic heterocycles. The summed E-state index contributed by atoms with van der Waals surface area (Å²) < 4.78 is 0. The van der Waals surface area contributed by atoms with Gasteiger partial charge in [0.1, 0.15) is 0 Å². The minimum atomic E-state index is 0.922. The molecule has 0 aliphatic heterocycles. The predicted octanol–water partition coefficient (Wildman–Crippen LogP) is 0.183. The minimum Gasteiger partial charge on any atom is -0.377 e. The van der Waals surface area contributed by atoms with Gasteiger partial charge in [-0.25, -0.2) is 0 Å². The first-order valence-electron chi connectivity index (χ1n) is 3.28. The molecule has 0 bridgehead atoms. The van der Waals surface area contributed by atoms with Crippen molar-refractivity contribution in [3.63, 3.8) is 0 Å². The van der Waals surface area contributed by atoms with Gasteiger partial charge in [0.05, 0.1) is 6.34 Å². The monoisotopic (exact) mass is 129 g/mol. The van der Waals surface area contributed by atoms with Gasteiger partial charge < -0.3 is 10.6 Å². The van der Waals surface area contributed by atoms with E-state index in [0.717, 1.165) is 19.5 Å². The van der Waals surface area contributed by atoms with Crippen molar-refractivity contribution in [3.8, 4) is 0 Å². The second kappa shape index (κ2) is 7.43. The lowest BCUT2D eigenvalue weighted by molar-refractivity contribution is 0.666. The van der Waals surface area contributed by atoms with Gasteiger partial charge in [-0.2, -0.15) is 0 Å². The Morgan fingerprint density at radius 2 is 2.00 bits per heavy atom. The molecule has 0 saturated heterocycles. The lowest BCUT2D eigenvalue weighted by Crippen LogP contribution is -2.14. The number of rotatable bonds is 6. The first-order valence-corrected chi connectivity index (χ1v) is 3.28. The summed E-state index contributed by atoms with van der Waals surface area (Å²) in [5.41, 5.74) is 0. The maximum absolute atomic E-state index is 6.63. The summed E-state index contributed by atoms with van der Waals surface area (Å²) >= 11 is 0. The molecule has 0 radical (unpaired) electrons. The normalized spacial score (nSPS) is 9.00. The van der Waals surface area contributed by atoms with E-state index in [1.165, 1.54) is 12.8 Å². The molecule has 0 spiro atoms. The molecule has 0 fully saturated rings.